The summed E-state index contributed by atoms with van der Waals surface area (Å²) in [6, 6.07) is 30.7. The maximum Gasteiger partial charge on any atom is 0.123 e. The Labute approximate surface area is 177 Å². The summed E-state index contributed by atoms with van der Waals surface area (Å²) in [4.78, 5) is 0. The van der Waals surface area contributed by atoms with E-state index in [4.69, 9.17) is 14.2 Å². The smallest absolute Gasteiger partial charge is 0.123 e. The molecule has 0 unspecified atom stereocenters. The molecule has 4 aromatic carbocycles. The summed E-state index contributed by atoms with van der Waals surface area (Å²) in [5.74, 6) is 2.77. The van der Waals surface area contributed by atoms with E-state index in [0.29, 0.717) is 13.2 Å². The van der Waals surface area contributed by atoms with Gasteiger partial charge in [-0.25, -0.2) is 0 Å². The molecule has 0 aliphatic rings. The quantitative estimate of drug-likeness (QED) is 0.334. The third-order valence-electron chi connectivity index (χ3n) is 5.19. The van der Waals surface area contributed by atoms with Crippen LogP contribution in [0.3, 0.4) is 0 Å². The van der Waals surface area contributed by atoms with Crippen LogP contribution in [0.1, 0.15) is 24.0 Å². The van der Waals surface area contributed by atoms with E-state index in [0.717, 1.165) is 22.8 Å². The molecule has 0 bridgehead atoms. The molecule has 0 saturated heterocycles. The highest BCUT2D eigenvalue weighted by atomic mass is 16.5. The maximum absolute atomic E-state index is 6.06. The monoisotopic (exact) mass is 398 g/mol. The summed E-state index contributed by atoms with van der Waals surface area (Å²) in [7, 11) is 1.69. The third-order valence-corrected chi connectivity index (χ3v) is 5.19. The highest BCUT2D eigenvalue weighted by Crippen LogP contribution is 2.26. The SMILES string of the molecule is COc1ccc2cc([C@H](C)COc3cccc(OCc4ccccc4)c3)ccc2c1. The van der Waals surface area contributed by atoms with Crippen molar-refractivity contribution in [1.29, 1.82) is 0 Å². The van der Waals surface area contributed by atoms with Crippen LogP contribution in [0, 0.1) is 0 Å². The maximum atomic E-state index is 6.06. The first kappa shape index (κ1) is 19.8. The molecular weight excluding hydrogens is 372 g/mol. The molecule has 4 rings (SSSR count). The van der Waals surface area contributed by atoms with Gasteiger partial charge in [-0.05, 0) is 46.2 Å². The van der Waals surface area contributed by atoms with Gasteiger partial charge in [-0.15, -0.1) is 0 Å². The number of hydrogen-bond donors (Lipinski definition) is 0. The van der Waals surface area contributed by atoms with E-state index in [1.807, 2.05) is 48.5 Å². The van der Waals surface area contributed by atoms with Gasteiger partial charge in [0.25, 0.3) is 0 Å². The van der Waals surface area contributed by atoms with E-state index in [-0.39, 0.29) is 5.92 Å². The second-order valence-corrected chi connectivity index (χ2v) is 7.43. The summed E-state index contributed by atoms with van der Waals surface area (Å²) in [5.41, 5.74) is 2.40. The van der Waals surface area contributed by atoms with Gasteiger partial charge >= 0.3 is 0 Å². The molecule has 0 aliphatic carbocycles. The average Bonchev–Trinajstić information content (AvgIpc) is 2.81. The topological polar surface area (TPSA) is 27.7 Å². The number of benzene rings is 4. The van der Waals surface area contributed by atoms with Crippen LogP contribution in [-0.2, 0) is 6.61 Å². The summed E-state index contributed by atoms with van der Waals surface area (Å²) < 4.78 is 17.3. The number of hydrogen-bond acceptors (Lipinski definition) is 3. The lowest BCUT2D eigenvalue weighted by molar-refractivity contribution is 0.285. The third kappa shape index (κ3) is 4.93. The van der Waals surface area contributed by atoms with Crippen LogP contribution in [0.2, 0.25) is 0 Å². The molecule has 0 fully saturated rings. The zero-order chi connectivity index (χ0) is 20.8. The Hall–Kier alpha value is -3.46. The fourth-order valence-electron chi connectivity index (χ4n) is 3.39. The van der Waals surface area contributed by atoms with Crippen LogP contribution in [0.15, 0.2) is 91.0 Å². The van der Waals surface area contributed by atoms with Crippen LogP contribution < -0.4 is 14.2 Å². The Morgan fingerprint density at radius 1 is 0.667 bits per heavy atom. The van der Waals surface area contributed by atoms with Crippen LogP contribution in [-0.4, -0.2) is 13.7 Å². The zero-order valence-electron chi connectivity index (χ0n) is 17.4. The van der Waals surface area contributed by atoms with Gasteiger partial charge in [0.05, 0.1) is 13.7 Å². The van der Waals surface area contributed by atoms with Gasteiger partial charge in [0, 0.05) is 12.0 Å². The molecule has 0 heterocycles. The van der Waals surface area contributed by atoms with Crippen molar-refractivity contribution < 1.29 is 14.2 Å². The lowest BCUT2D eigenvalue weighted by atomic mass is 9.98. The normalized spacial score (nSPS) is 11.8. The molecule has 0 aliphatic heterocycles. The van der Waals surface area contributed by atoms with Gasteiger partial charge in [-0.3, -0.25) is 0 Å². The van der Waals surface area contributed by atoms with Crippen molar-refractivity contribution in [3.8, 4) is 17.2 Å². The standard InChI is InChI=1S/C27H26O3/c1-20(22-11-12-24-16-25(28-2)14-13-23(24)15-22)18-29-26-9-6-10-27(17-26)30-19-21-7-4-3-5-8-21/h3-17,20H,18-19H2,1-2H3/t20-/m1/s1. The number of methoxy groups -OCH3 is 1. The highest BCUT2D eigenvalue weighted by Gasteiger charge is 2.09. The van der Waals surface area contributed by atoms with E-state index in [2.05, 4.69) is 49.4 Å². The Morgan fingerprint density at radius 3 is 2.20 bits per heavy atom. The van der Waals surface area contributed by atoms with Gasteiger partial charge < -0.3 is 14.2 Å². The lowest BCUT2D eigenvalue weighted by Crippen LogP contribution is -2.07. The molecule has 0 spiro atoms. The van der Waals surface area contributed by atoms with Crippen molar-refractivity contribution in [2.75, 3.05) is 13.7 Å². The van der Waals surface area contributed by atoms with Crippen molar-refractivity contribution in [2.45, 2.75) is 19.4 Å². The molecule has 3 nitrogen and oxygen atoms in total. The predicted molar refractivity (Wildman–Crippen MR) is 122 cm³/mol. The second-order valence-electron chi connectivity index (χ2n) is 7.43. The van der Waals surface area contributed by atoms with Crippen molar-refractivity contribution in [2.24, 2.45) is 0 Å². The molecule has 0 saturated carbocycles. The van der Waals surface area contributed by atoms with Gasteiger partial charge in [0.2, 0.25) is 0 Å². The van der Waals surface area contributed by atoms with Gasteiger partial charge in [-0.2, -0.15) is 0 Å². The molecule has 1 atom stereocenters. The van der Waals surface area contributed by atoms with E-state index in [9.17, 15) is 0 Å². The first-order valence-corrected chi connectivity index (χ1v) is 10.2. The molecular formula is C27H26O3. The van der Waals surface area contributed by atoms with Crippen molar-refractivity contribution in [1.82, 2.24) is 0 Å². The Bertz CT molecular complexity index is 1110. The van der Waals surface area contributed by atoms with Crippen molar-refractivity contribution in [3.63, 3.8) is 0 Å². The minimum atomic E-state index is 0.269. The fourth-order valence-corrected chi connectivity index (χ4v) is 3.39. The summed E-state index contributed by atoms with van der Waals surface area (Å²) in [6.07, 6.45) is 0. The van der Waals surface area contributed by atoms with E-state index < -0.39 is 0 Å². The molecule has 0 amide bonds. The Balaban J connectivity index is 1.37. The van der Waals surface area contributed by atoms with E-state index in [1.165, 1.54) is 16.3 Å². The summed E-state index contributed by atoms with van der Waals surface area (Å²) in [5, 5.41) is 2.38. The molecule has 0 N–H and O–H groups in total. The lowest BCUT2D eigenvalue weighted by Gasteiger charge is -2.15. The fraction of sp³-hybridized carbons (Fsp3) is 0.185. The second kappa shape index (κ2) is 9.36. The van der Waals surface area contributed by atoms with E-state index in [1.54, 1.807) is 7.11 Å². The van der Waals surface area contributed by atoms with E-state index >= 15 is 0 Å². The molecule has 3 heteroatoms. The number of rotatable bonds is 8. The largest absolute Gasteiger partial charge is 0.497 e. The first-order chi connectivity index (χ1) is 14.7. The molecule has 30 heavy (non-hydrogen) atoms. The highest BCUT2D eigenvalue weighted by molar-refractivity contribution is 5.84. The summed E-state index contributed by atoms with van der Waals surface area (Å²) >= 11 is 0. The predicted octanol–water partition coefficient (Wildman–Crippen LogP) is 6.61. The van der Waals surface area contributed by atoms with Gasteiger partial charge in [0.15, 0.2) is 0 Å². The van der Waals surface area contributed by atoms with Crippen LogP contribution >= 0.6 is 0 Å². The molecule has 152 valence electrons. The Morgan fingerprint density at radius 2 is 1.40 bits per heavy atom. The van der Waals surface area contributed by atoms with Crippen LogP contribution in [0.25, 0.3) is 10.8 Å². The zero-order valence-corrected chi connectivity index (χ0v) is 17.4. The number of fused-ring (bicyclic) bond motifs is 1. The van der Waals surface area contributed by atoms with Gasteiger partial charge in [0.1, 0.15) is 23.9 Å². The molecule has 0 aromatic heterocycles. The van der Waals surface area contributed by atoms with Gasteiger partial charge in [-0.1, -0.05) is 67.6 Å². The molecule has 4 aromatic rings. The van der Waals surface area contributed by atoms with Crippen molar-refractivity contribution >= 4 is 10.8 Å². The minimum Gasteiger partial charge on any atom is -0.497 e. The van der Waals surface area contributed by atoms with Crippen LogP contribution in [0.4, 0.5) is 0 Å². The minimum absolute atomic E-state index is 0.269. The molecule has 0 radical (unpaired) electrons. The van der Waals surface area contributed by atoms with Crippen molar-refractivity contribution in [3.05, 3.63) is 102 Å². The summed E-state index contributed by atoms with van der Waals surface area (Å²) in [6.45, 7) is 3.33. The first-order valence-electron chi connectivity index (χ1n) is 10.2. The van der Waals surface area contributed by atoms with Crippen LogP contribution in [0.5, 0.6) is 17.2 Å². The number of ether oxygens (including phenoxy) is 3. The average molecular weight is 399 g/mol. The Kier molecular flexibility index (Phi) is 6.19.